The van der Waals surface area contributed by atoms with Gasteiger partial charge < -0.3 is 5.11 Å². The standard InChI is InChI=1S/C11H18N2O/c1-8(2)13-7-10(6-12-13)11(4-5-11)9(3)14/h6-9,14H,4-5H2,1-3H3. The Hall–Kier alpha value is -0.830. The van der Waals surface area contributed by atoms with Crippen LogP contribution in [0, 0.1) is 0 Å². The minimum absolute atomic E-state index is 0.0210. The lowest BCUT2D eigenvalue weighted by molar-refractivity contribution is 0.150. The van der Waals surface area contributed by atoms with Crippen LogP contribution in [0.4, 0.5) is 0 Å². The third-order valence-corrected chi connectivity index (χ3v) is 3.29. The number of aliphatic hydroxyl groups is 1. The first kappa shape index (κ1) is 9.71. The summed E-state index contributed by atoms with van der Waals surface area (Å²) in [6.07, 6.45) is 5.90. The van der Waals surface area contributed by atoms with Crippen molar-refractivity contribution in [3.05, 3.63) is 18.0 Å². The third kappa shape index (κ3) is 1.36. The van der Waals surface area contributed by atoms with Crippen molar-refractivity contribution < 1.29 is 5.11 Å². The van der Waals surface area contributed by atoms with Gasteiger partial charge in [0, 0.05) is 17.7 Å². The molecule has 1 unspecified atom stereocenters. The largest absolute Gasteiger partial charge is 0.392 e. The van der Waals surface area contributed by atoms with Crippen molar-refractivity contribution >= 4 is 0 Å². The maximum Gasteiger partial charge on any atom is 0.0609 e. The number of aliphatic hydroxyl groups excluding tert-OH is 1. The Morgan fingerprint density at radius 1 is 1.43 bits per heavy atom. The second-order valence-corrected chi connectivity index (χ2v) is 4.63. The Kier molecular flexibility index (Phi) is 2.14. The van der Waals surface area contributed by atoms with Crippen LogP contribution >= 0.6 is 0 Å². The maximum atomic E-state index is 9.71. The van der Waals surface area contributed by atoms with Gasteiger partial charge in [0.2, 0.25) is 0 Å². The normalized spacial score (nSPS) is 21.2. The average Bonchev–Trinajstić information content (AvgIpc) is 2.77. The molecule has 1 atom stereocenters. The molecule has 1 N–H and O–H groups in total. The van der Waals surface area contributed by atoms with Crippen molar-refractivity contribution in [1.29, 1.82) is 0 Å². The van der Waals surface area contributed by atoms with Crippen LogP contribution in [0.1, 0.15) is 45.2 Å². The molecule has 1 aromatic heterocycles. The van der Waals surface area contributed by atoms with Gasteiger partial charge in [-0.25, -0.2) is 0 Å². The summed E-state index contributed by atoms with van der Waals surface area (Å²) in [6, 6.07) is 0.397. The zero-order valence-corrected chi connectivity index (χ0v) is 9.07. The van der Waals surface area contributed by atoms with E-state index in [1.807, 2.05) is 17.8 Å². The molecule has 0 saturated heterocycles. The van der Waals surface area contributed by atoms with Crippen LogP contribution in [-0.2, 0) is 5.41 Å². The minimum Gasteiger partial charge on any atom is -0.392 e. The highest BCUT2D eigenvalue weighted by Crippen LogP contribution is 2.50. The fourth-order valence-electron chi connectivity index (χ4n) is 1.96. The van der Waals surface area contributed by atoms with Crippen LogP contribution in [0.15, 0.2) is 12.4 Å². The van der Waals surface area contributed by atoms with Gasteiger partial charge in [-0.15, -0.1) is 0 Å². The van der Waals surface area contributed by atoms with Gasteiger partial charge in [0.1, 0.15) is 0 Å². The van der Waals surface area contributed by atoms with E-state index in [4.69, 9.17) is 0 Å². The van der Waals surface area contributed by atoms with E-state index in [0.29, 0.717) is 6.04 Å². The fraction of sp³-hybridized carbons (Fsp3) is 0.727. The summed E-state index contributed by atoms with van der Waals surface area (Å²) in [5, 5.41) is 14.0. The van der Waals surface area contributed by atoms with E-state index in [2.05, 4.69) is 25.1 Å². The van der Waals surface area contributed by atoms with Crippen molar-refractivity contribution in [2.45, 2.75) is 51.2 Å². The second-order valence-electron chi connectivity index (χ2n) is 4.63. The van der Waals surface area contributed by atoms with Gasteiger partial charge in [0.25, 0.3) is 0 Å². The molecule has 2 rings (SSSR count). The summed E-state index contributed by atoms with van der Waals surface area (Å²) in [5.41, 5.74) is 1.22. The monoisotopic (exact) mass is 194 g/mol. The third-order valence-electron chi connectivity index (χ3n) is 3.29. The van der Waals surface area contributed by atoms with Gasteiger partial charge in [-0.05, 0) is 39.2 Å². The number of hydrogen-bond donors (Lipinski definition) is 1. The van der Waals surface area contributed by atoms with Gasteiger partial charge >= 0.3 is 0 Å². The SMILES string of the molecule is CC(C)n1cc(C2(C(C)O)CC2)cn1. The van der Waals surface area contributed by atoms with E-state index in [1.54, 1.807) is 0 Å². The molecule has 1 aliphatic rings. The summed E-state index contributed by atoms with van der Waals surface area (Å²) >= 11 is 0. The molecule has 3 nitrogen and oxygen atoms in total. The molecular weight excluding hydrogens is 176 g/mol. The molecule has 0 radical (unpaired) electrons. The topological polar surface area (TPSA) is 38.0 Å². The molecule has 1 aliphatic carbocycles. The van der Waals surface area contributed by atoms with E-state index >= 15 is 0 Å². The van der Waals surface area contributed by atoms with Crippen molar-refractivity contribution in [1.82, 2.24) is 9.78 Å². The number of rotatable bonds is 3. The summed E-state index contributed by atoms with van der Waals surface area (Å²) < 4.78 is 1.96. The highest BCUT2D eigenvalue weighted by molar-refractivity contribution is 5.29. The van der Waals surface area contributed by atoms with Crippen LogP contribution in [0.5, 0.6) is 0 Å². The molecular formula is C11H18N2O. The lowest BCUT2D eigenvalue weighted by Crippen LogP contribution is -2.21. The molecule has 0 aliphatic heterocycles. The van der Waals surface area contributed by atoms with Crippen LogP contribution in [0.2, 0.25) is 0 Å². The van der Waals surface area contributed by atoms with Crippen LogP contribution < -0.4 is 0 Å². The van der Waals surface area contributed by atoms with Crippen LogP contribution in [-0.4, -0.2) is 21.0 Å². The first-order chi connectivity index (χ1) is 6.56. The zero-order chi connectivity index (χ0) is 10.3. The predicted molar refractivity (Wildman–Crippen MR) is 55.2 cm³/mol. The van der Waals surface area contributed by atoms with E-state index in [-0.39, 0.29) is 11.5 Å². The quantitative estimate of drug-likeness (QED) is 0.797. The van der Waals surface area contributed by atoms with E-state index in [9.17, 15) is 5.11 Å². The molecule has 1 aromatic rings. The van der Waals surface area contributed by atoms with Gasteiger partial charge in [0.05, 0.1) is 12.3 Å². The molecule has 0 bridgehead atoms. The van der Waals surface area contributed by atoms with Crippen LogP contribution in [0.25, 0.3) is 0 Å². The molecule has 1 heterocycles. The van der Waals surface area contributed by atoms with Crippen molar-refractivity contribution in [3.63, 3.8) is 0 Å². The summed E-state index contributed by atoms with van der Waals surface area (Å²) in [6.45, 7) is 6.09. The Labute approximate surface area is 84.7 Å². The molecule has 3 heteroatoms. The summed E-state index contributed by atoms with van der Waals surface area (Å²) in [7, 11) is 0. The minimum atomic E-state index is -0.257. The molecule has 1 saturated carbocycles. The first-order valence-electron chi connectivity index (χ1n) is 5.29. The fourth-order valence-corrected chi connectivity index (χ4v) is 1.96. The van der Waals surface area contributed by atoms with Crippen LogP contribution in [0.3, 0.4) is 0 Å². The lowest BCUT2D eigenvalue weighted by atomic mass is 9.94. The number of nitrogens with zero attached hydrogens (tertiary/aromatic N) is 2. The highest BCUT2D eigenvalue weighted by atomic mass is 16.3. The van der Waals surface area contributed by atoms with Crippen molar-refractivity contribution in [2.75, 3.05) is 0 Å². The molecule has 78 valence electrons. The molecule has 1 fully saturated rings. The maximum absolute atomic E-state index is 9.71. The van der Waals surface area contributed by atoms with Gasteiger partial charge in [-0.2, -0.15) is 5.10 Å². The smallest absolute Gasteiger partial charge is 0.0609 e. The summed E-state index contributed by atoms with van der Waals surface area (Å²) in [5.74, 6) is 0. The second kappa shape index (κ2) is 3.09. The highest BCUT2D eigenvalue weighted by Gasteiger charge is 2.49. The molecule has 0 aromatic carbocycles. The Balaban J connectivity index is 2.25. The van der Waals surface area contributed by atoms with E-state index in [0.717, 1.165) is 12.8 Å². The Bertz CT molecular complexity index is 324. The molecule has 0 spiro atoms. The predicted octanol–water partition coefficient (Wildman–Crippen LogP) is 1.88. The Morgan fingerprint density at radius 2 is 2.07 bits per heavy atom. The van der Waals surface area contributed by atoms with E-state index < -0.39 is 0 Å². The first-order valence-corrected chi connectivity index (χ1v) is 5.29. The van der Waals surface area contributed by atoms with Gasteiger partial charge in [0.15, 0.2) is 0 Å². The lowest BCUT2D eigenvalue weighted by Gasteiger charge is -2.16. The van der Waals surface area contributed by atoms with Gasteiger partial charge in [-0.1, -0.05) is 0 Å². The zero-order valence-electron chi connectivity index (χ0n) is 9.07. The Morgan fingerprint density at radius 3 is 2.43 bits per heavy atom. The van der Waals surface area contributed by atoms with Crippen molar-refractivity contribution in [3.8, 4) is 0 Å². The van der Waals surface area contributed by atoms with Gasteiger partial charge in [-0.3, -0.25) is 4.68 Å². The summed E-state index contributed by atoms with van der Waals surface area (Å²) in [4.78, 5) is 0. The van der Waals surface area contributed by atoms with Crippen molar-refractivity contribution in [2.24, 2.45) is 0 Å². The molecule has 0 amide bonds. The molecule has 14 heavy (non-hydrogen) atoms. The number of aromatic nitrogens is 2. The van der Waals surface area contributed by atoms with E-state index in [1.165, 1.54) is 5.56 Å². The number of hydrogen-bond acceptors (Lipinski definition) is 2. The average molecular weight is 194 g/mol.